The number of nitrogens with one attached hydrogen (secondary N) is 1. The molecular weight excluding hydrogens is 148 g/mol. The third-order valence-corrected chi connectivity index (χ3v) is 1.59. The van der Waals surface area contributed by atoms with Crippen molar-refractivity contribution in [3.63, 3.8) is 0 Å². The summed E-state index contributed by atoms with van der Waals surface area (Å²) in [6.07, 6.45) is -0.480. The van der Waals surface area contributed by atoms with Crippen molar-refractivity contribution in [1.29, 1.82) is 0 Å². The highest BCUT2D eigenvalue weighted by atomic mass is 19.3. The second-order valence-electron chi connectivity index (χ2n) is 2.57. The highest BCUT2D eigenvalue weighted by Crippen LogP contribution is 2.03. The zero-order chi connectivity index (χ0) is 8.10. The lowest BCUT2D eigenvalue weighted by Gasteiger charge is -1.97. The summed E-state index contributed by atoms with van der Waals surface area (Å²) in [5.74, 6) is 5.24. The van der Waals surface area contributed by atoms with E-state index in [1.165, 1.54) is 0 Å². The van der Waals surface area contributed by atoms with Crippen LogP contribution in [0.2, 0.25) is 0 Å². The second-order valence-corrected chi connectivity index (χ2v) is 2.57. The first-order chi connectivity index (χ1) is 5.29. The molecule has 1 unspecified atom stereocenters. The first-order valence-electron chi connectivity index (χ1n) is 3.79. The largest absolute Gasteiger partial charge is 0.304 e. The Morgan fingerprint density at radius 2 is 2.36 bits per heavy atom. The van der Waals surface area contributed by atoms with E-state index in [1.807, 2.05) is 0 Å². The Morgan fingerprint density at radius 1 is 1.55 bits per heavy atom. The van der Waals surface area contributed by atoms with Crippen molar-refractivity contribution in [1.82, 2.24) is 5.32 Å². The topological polar surface area (TPSA) is 12.0 Å². The highest BCUT2D eigenvalue weighted by Gasteiger charge is 2.09. The molecule has 0 saturated carbocycles. The van der Waals surface area contributed by atoms with Crippen LogP contribution >= 0.6 is 0 Å². The van der Waals surface area contributed by atoms with Crippen LogP contribution in [0, 0.1) is 11.8 Å². The summed E-state index contributed by atoms with van der Waals surface area (Å²) in [7, 11) is 0. The van der Waals surface area contributed by atoms with Crippen molar-refractivity contribution in [2.24, 2.45) is 0 Å². The Morgan fingerprint density at radius 3 is 2.91 bits per heavy atom. The molecule has 1 saturated heterocycles. The lowest BCUT2D eigenvalue weighted by Crippen LogP contribution is -2.18. The summed E-state index contributed by atoms with van der Waals surface area (Å²) in [5.41, 5.74) is 0. The Bertz CT molecular complexity index is 163. The number of hydrogen-bond acceptors (Lipinski definition) is 1. The molecule has 0 aromatic carbocycles. The molecule has 0 aromatic rings. The average molecular weight is 159 g/mol. The van der Waals surface area contributed by atoms with Crippen LogP contribution in [0.1, 0.15) is 19.3 Å². The van der Waals surface area contributed by atoms with Crippen LogP contribution in [0.25, 0.3) is 0 Å². The van der Waals surface area contributed by atoms with Gasteiger partial charge >= 0.3 is 0 Å². The van der Waals surface area contributed by atoms with Gasteiger partial charge in [0.25, 0.3) is 0 Å². The quantitative estimate of drug-likeness (QED) is 0.570. The van der Waals surface area contributed by atoms with Crippen molar-refractivity contribution < 1.29 is 8.78 Å². The van der Waals surface area contributed by atoms with Crippen molar-refractivity contribution in [2.75, 3.05) is 6.54 Å². The first-order valence-corrected chi connectivity index (χ1v) is 3.79. The monoisotopic (exact) mass is 159 g/mol. The van der Waals surface area contributed by atoms with Gasteiger partial charge in [0.1, 0.15) is 0 Å². The van der Waals surface area contributed by atoms with E-state index in [-0.39, 0.29) is 12.5 Å². The van der Waals surface area contributed by atoms with E-state index in [1.54, 1.807) is 0 Å². The molecule has 0 radical (unpaired) electrons. The normalized spacial score (nSPS) is 23.4. The van der Waals surface area contributed by atoms with E-state index >= 15 is 0 Å². The molecule has 0 aromatic heterocycles. The van der Waals surface area contributed by atoms with Crippen LogP contribution in [-0.4, -0.2) is 19.0 Å². The van der Waals surface area contributed by atoms with Crippen LogP contribution in [0.4, 0.5) is 8.78 Å². The SMILES string of the molecule is FC(F)CC#CC1CCCN1. The fourth-order valence-corrected chi connectivity index (χ4v) is 1.07. The van der Waals surface area contributed by atoms with Crippen LogP contribution in [0.15, 0.2) is 0 Å². The molecule has 1 heterocycles. The molecule has 62 valence electrons. The van der Waals surface area contributed by atoms with Gasteiger partial charge in [-0.15, -0.1) is 0 Å². The smallest absolute Gasteiger partial charge is 0.249 e. The molecule has 1 rings (SSSR count). The highest BCUT2D eigenvalue weighted by molar-refractivity contribution is 5.09. The molecule has 0 bridgehead atoms. The molecule has 1 nitrogen and oxygen atoms in total. The summed E-state index contributed by atoms with van der Waals surface area (Å²) in [6.45, 7) is 0.966. The lowest BCUT2D eigenvalue weighted by molar-refractivity contribution is 0.155. The van der Waals surface area contributed by atoms with E-state index in [9.17, 15) is 8.78 Å². The van der Waals surface area contributed by atoms with Crippen LogP contribution < -0.4 is 5.32 Å². The zero-order valence-electron chi connectivity index (χ0n) is 6.24. The third-order valence-electron chi connectivity index (χ3n) is 1.59. The molecule has 3 heteroatoms. The lowest BCUT2D eigenvalue weighted by atomic mass is 10.2. The summed E-state index contributed by atoms with van der Waals surface area (Å²) in [5, 5.41) is 3.11. The van der Waals surface area contributed by atoms with Crippen LogP contribution in [-0.2, 0) is 0 Å². The Hall–Kier alpha value is -0.620. The summed E-state index contributed by atoms with van der Waals surface area (Å²) in [6, 6.07) is 0.161. The van der Waals surface area contributed by atoms with Gasteiger partial charge in [-0.2, -0.15) is 0 Å². The molecule has 0 amide bonds. The summed E-state index contributed by atoms with van der Waals surface area (Å²) >= 11 is 0. The minimum atomic E-state index is -2.29. The third kappa shape index (κ3) is 3.33. The Kier molecular flexibility index (Phi) is 3.31. The Balaban J connectivity index is 2.20. The van der Waals surface area contributed by atoms with E-state index in [0.29, 0.717) is 0 Å². The maximum Gasteiger partial charge on any atom is 0.249 e. The van der Waals surface area contributed by atoms with Gasteiger partial charge in [-0.3, -0.25) is 0 Å². The predicted molar refractivity (Wildman–Crippen MR) is 39.4 cm³/mol. The molecular formula is C8H11F2N. The molecule has 0 spiro atoms. The summed E-state index contributed by atoms with van der Waals surface area (Å²) in [4.78, 5) is 0. The van der Waals surface area contributed by atoms with E-state index in [4.69, 9.17) is 0 Å². The fraction of sp³-hybridized carbons (Fsp3) is 0.750. The van der Waals surface area contributed by atoms with Crippen molar-refractivity contribution in [3.8, 4) is 11.8 Å². The average Bonchev–Trinajstić information content (AvgIpc) is 2.39. The Labute approximate surface area is 65.2 Å². The van der Waals surface area contributed by atoms with E-state index in [0.717, 1.165) is 19.4 Å². The van der Waals surface area contributed by atoms with Gasteiger partial charge in [0.05, 0.1) is 12.5 Å². The predicted octanol–water partition coefficient (Wildman–Crippen LogP) is 1.40. The van der Waals surface area contributed by atoms with Crippen LogP contribution in [0.3, 0.4) is 0 Å². The first kappa shape index (κ1) is 8.48. The van der Waals surface area contributed by atoms with Crippen molar-refractivity contribution in [3.05, 3.63) is 0 Å². The summed E-state index contributed by atoms with van der Waals surface area (Å²) < 4.78 is 23.2. The maximum absolute atomic E-state index is 11.6. The second kappa shape index (κ2) is 4.30. The van der Waals surface area contributed by atoms with E-state index < -0.39 is 6.43 Å². The van der Waals surface area contributed by atoms with E-state index in [2.05, 4.69) is 17.2 Å². The van der Waals surface area contributed by atoms with Gasteiger partial charge in [0.2, 0.25) is 6.43 Å². The maximum atomic E-state index is 11.6. The van der Waals surface area contributed by atoms with Gasteiger partial charge in [0.15, 0.2) is 0 Å². The molecule has 1 atom stereocenters. The molecule has 1 aliphatic heterocycles. The number of hydrogen-bond donors (Lipinski definition) is 1. The van der Waals surface area contributed by atoms with Gasteiger partial charge in [-0.05, 0) is 19.4 Å². The molecule has 1 aliphatic rings. The van der Waals surface area contributed by atoms with Gasteiger partial charge in [-0.25, -0.2) is 8.78 Å². The molecule has 0 aliphatic carbocycles. The van der Waals surface area contributed by atoms with Gasteiger partial charge in [0, 0.05) is 0 Å². The zero-order valence-corrected chi connectivity index (χ0v) is 6.24. The fourth-order valence-electron chi connectivity index (χ4n) is 1.07. The standard InChI is InChI=1S/C8H11F2N/c9-8(10)5-1-3-7-4-2-6-11-7/h7-8,11H,2,4-6H2. The molecule has 1 N–H and O–H groups in total. The number of alkyl halides is 2. The van der Waals surface area contributed by atoms with Crippen molar-refractivity contribution >= 4 is 0 Å². The molecule has 1 fully saturated rings. The van der Waals surface area contributed by atoms with Gasteiger partial charge in [-0.1, -0.05) is 11.8 Å². The molecule has 11 heavy (non-hydrogen) atoms. The number of rotatable bonds is 1. The van der Waals surface area contributed by atoms with Gasteiger partial charge < -0.3 is 5.32 Å². The van der Waals surface area contributed by atoms with Crippen molar-refractivity contribution in [2.45, 2.75) is 31.7 Å². The minimum Gasteiger partial charge on any atom is -0.304 e. The van der Waals surface area contributed by atoms with Crippen LogP contribution in [0.5, 0.6) is 0 Å². The minimum absolute atomic E-state index is 0.161. The number of halogens is 2.